The number of nitrogens with one attached hydrogen (secondary N) is 2. The van der Waals surface area contributed by atoms with Gasteiger partial charge in [-0.2, -0.15) is 5.10 Å². The molecular weight excluding hydrogens is 356 g/mol. The van der Waals surface area contributed by atoms with Crippen LogP contribution in [0.4, 0.5) is 0 Å². The molecule has 5 nitrogen and oxygen atoms in total. The molecule has 0 radical (unpaired) electrons. The molecule has 4 heterocycles. The lowest BCUT2D eigenvalue weighted by Crippen LogP contribution is -2.55. The average Bonchev–Trinajstić information content (AvgIpc) is 3.31. The van der Waals surface area contributed by atoms with Gasteiger partial charge >= 0.3 is 0 Å². The molecule has 2 unspecified atom stereocenters. The van der Waals surface area contributed by atoms with Crippen molar-refractivity contribution in [3.8, 4) is 10.4 Å². The summed E-state index contributed by atoms with van der Waals surface area (Å²) < 4.78 is 0. The summed E-state index contributed by atoms with van der Waals surface area (Å²) in [7, 11) is 2.24. The van der Waals surface area contributed by atoms with Gasteiger partial charge < -0.3 is 10.2 Å². The van der Waals surface area contributed by atoms with Gasteiger partial charge in [0, 0.05) is 28.4 Å². The molecule has 2 aliphatic heterocycles. The highest BCUT2D eigenvalue weighted by Crippen LogP contribution is 2.33. The van der Waals surface area contributed by atoms with E-state index in [0.717, 1.165) is 29.3 Å². The fourth-order valence-electron chi connectivity index (χ4n) is 4.78. The fraction of sp³-hybridized carbons (Fsp3) is 0.429. The number of benzene rings is 1. The third-order valence-electron chi connectivity index (χ3n) is 6.26. The minimum Gasteiger partial charge on any atom is -0.348 e. The zero-order valence-corrected chi connectivity index (χ0v) is 16.3. The normalized spacial score (nSPS) is 25.6. The van der Waals surface area contributed by atoms with E-state index < -0.39 is 0 Å². The van der Waals surface area contributed by atoms with E-state index in [9.17, 15) is 4.79 Å². The van der Waals surface area contributed by atoms with Crippen molar-refractivity contribution in [3.05, 3.63) is 41.4 Å². The van der Waals surface area contributed by atoms with E-state index in [1.54, 1.807) is 11.3 Å². The molecule has 0 saturated carbocycles. The summed E-state index contributed by atoms with van der Waals surface area (Å²) in [5.41, 5.74) is 2.56. The first-order valence-electron chi connectivity index (χ1n) is 9.74. The Morgan fingerprint density at radius 1 is 1.26 bits per heavy atom. The highest BCUT2D eigenvalue weighted by Gasteiger charge is 2.36. The van der Waals surface area contributed by atoms with Gasteiger partial charge in [-0.25, -0.2) is 0 Å². The number of carbonyl (C=O) groups excluding carboxylic acids is 1. The first-order valence-corrected chi connectivity index (χ1v) is 10.6. The summed E-state index contributed by atoms with van der Waals surface area (Å²) >= 11 is 1.71. The van der Waals surface area contributed by atoms with Gasteiger partial charge in [-0.3, -0.25) is 9.89 Å². The predicted octanol–water partition coefficient (Wildman–Crippen LogP) is 4.04. The summed E-state index contributed by atoms with van der Waals surface area (Å²) in [5, 5.41) is 13.6. The highest BCUT2D eigenvalue weighted by molar-refractivity contribution is 7.13. The Morgan fingerprint density at radius 3 is 2.81 bits per heavy atom. The van der Waals surface area contributed by atoms with Gasteiger partial charge in [0.1, 0.15) is 0 Å². The van der Waals surface area contributed by atoms with E-state index in [0.29, 0.717) is 17.8 Å². The van der Waals surface area contributed by atoms with Crippen molar-refractivity contribution in [1.29, 1.82) is 0 Å². The van der Waals surface area contributed by atoms with Crippen LogP contribution in [0.1, 0.15) is 42.6 Å². The predicted molar refractivity (Wildman–Crippen MR) is 109 cm³/mol. The maximum Gasteiger partial charge on any atom is 0.272 e. The molecule has 2 fully saturated rings. The molecule has 5 rings (SSSR count). The van der Waals surface area contributed by atoms with Gasteiger partial charge in [0.05, 0.1) is 5.52 Å². The quantitative estimate of drug-likeness (QED) is 0.721. The Bertz CT molecular complexity index is 950. The van der Waals surface area contributed by atoms with Crippen molar-refractivity contribution in [2.75, 3.05) is 7.05 Å². The Labute approximate surface area is 162 Å². The third kappa shape index (κ3) is 3.07. The van der Waals surface area contributed by atoms with Crippen molar-refractivity contribution in [3.63, 3.8) is 0 Å². The van der Waals surface area contributed by atoms with Gasteiger partial charge in [0.15, 0.2) is 5.69 Å². The molecule has 6 heteroatoms. The molecule has 2 saturated heterocycles. The monoisotopic (exact) mass is 380 g/mol. The van der Waals surface area contributed by atoms with Crippen LogP contribution >= 0.6 is 11.3 Å². The number of thiophene rings is 1. The third-order valence-corrected chi connectivity index (χ3v) is 7.18. The van der Waals surface area contributed by atoms with E-state index in [4.69, 9.17) is 0 Å². The summed E-state index contributed by atoms with van der Waals surface area (Å²) in [6.45, 7) is 0. The second-order valence-corrected chi connectivity index (χ2v) is 8.80. The molecule has 0 aliphatic carbocycles. The minimum absolute atomic E-state index is 0.0576. The van der Waals surface area contributed by atoms with Crippen molar-refractivity contribution in [2.45, 2.75) is 50.2 Å². The summed E-state index contributed by atoms with van der Waals surface area (Å²) in [6.07, 6.45) is 5.90. The van der Waals surface area contributed by atoms with Crippen LogP contribution in [0.3, 0.4) is 0 Å². The van der Waals surface area contributed by atoms with E-state index in [2.05, 4.69) is 51.0 Å². The number of aromatic nitrogens is 2. The fourth-order valence-corrected chi connectivity index (χ4v) is 5.50. The summed E-state index contributed by atoms with van der Waals surface area (Å²) in [4.78, 5) is 16.6. The van der Waals surface area contributed by atoms with Crippen LogP contribution < -0.4 is 5.32 Å². The zero-order valence-electron chi connectivity index (χ0n) is 15.4. The number of H-pyrrole nitrogens is 1. The van der Waals surface area contributed by atoms with Crippen LogP contribution in [0.2, 0.25) is 0 Å². The summed E-state index contributed by atoms with van der Waals surface area (Å²) in [5.74, 6) is -0.0576. The molecule has 3 aromatic rings. The SMILES string of the molecule is CN1C2CCCC1CC(NC(=O)c1n[nH]c3cc(-c4cccs4)ccc13)C2. The highest BCUT2D eigenvalue weighted by atomic mass is 32.1. The molecule has 2 atom stereocenters. The number of hydrogen-bond acceptors (Lipinski definition) is 4. The maximum absolute atomic E-state index is 12.9. The number of fused-ring (bicyclic) bond motifs is 3. The van der Waals surface area contributed by atoms with Crippen LogP contribution in [0.5, 0.6) is 0 Å². The number of carbonyl (C=O) groups is 1. The van der Waals surface area contributed by atoms with Gasteiger partial charge in [-0.1, -0.05) is 18.6 Å². The van der Waals surface area contributed by atoms with Crippen LogP contribution in [-0.2, 0) is 0 Å². The standard InChI is InChI=1S/C21H24N4OS/c1-25-15-4-2-5-16(25)12-14(11-15)22-21(26)20-17-8-7-13(10-18(17)23-24-20)19-6-3-9-27-19/h3,6-10,14-16H,2,4-5,11-12H2,1H3,(H,22,26)(H,23,24). The Kier molecular flexibility index (Phi) is 4.25. The number of piperidine rings is 2. The van der Waals surface area contributed by atoms with Crippen LogP contribution in [0.15, 0.2) is 35.7 Å². The van der Waals surface area contributed by atoms with Crippen LogP contribution in [0.25, 0.3) is 21.3 Å². The maximum atomic E-state index is 12.9. The molecular formula is C21H24N4OS. The molecule has 1 amide bonds. The lowest BCUT2D eigenvalue weighted by atomic mass is 9.82. The minimum atomic E-state index is -0.0576. The molecule has 2 N–H and O–H groups in total. The topological polar surface area (TPSA) is 61.0 Å². The van der Waals surface area contributed by atoms with Crippen molar-refractivity contribution in [2.24, 2.45) is 0 Å². The first kappa shape index (κ1) is 17.0. The van der Waals surface area contributed by atoms with Crippen molar-refractivity contribution in [1.82, 2.24) is 20.4 Å². The Hall–Kier alpha value is -2.18. The smallest absolute Gasteiger partial charge is 0.272 e. The van der Waals surface area contributed by atoms with E-state index in [-0.39, 0.29) is 11.9 Å². The Balaban J connectivity index is 1.35. The number of aromatic amines is 1. The van der Waals surface area contributed by atoms with Crippen molar-refractivity contribution >= 4 is 28.1 Å². The number of hydrogen-bond donors (Lipinski definition) is 2. The van der Waals surface area contributed by atoms with Crippen molar-refractivity contribution < 1.29 is 4.79 Å². The van der Waals surface area contributed by atoms with Gasteiger partial charge in [-0.15, -0.1) is 11.3 Å². The summed E-state index contributed by atoms with van der Waals surface area (Å²) in [6, 6.07) is 11.8. The second-order valence-electron chi connectivity index (χ2n) is 7.86. The molecule has 140 valence electrons. The van der Waals surface area contributed by atoms with Gasteiger partial charge in [-0.05, 0) is 61.9 Å². The van der Waals surface area contributed by atoms with Crippen LogP contribution in [0, 0.1) is 0 Å². The molecule has 2 aromatic heterocycles. The molecule has 2 bridgehead atoms. The van der Waals surface area contributed by atoms with Crippen LogP contribution in [-0.4, -0.2) is 46.2 Å². The largest absolute Gasteiger partial charge is 0.348 e. The van der Waals surface area contributed by atoms with E-state index in [1.807, 2.05) is 12.1 Å². The number of nitrogens with zero attached hydrogens (tertiary/aromatic N) is 2. The average molecular weight is 381 g/mol. The first-order chi connectivity index (χ1) is 13.2. The second kappa shape index (κ2) is 6.77. The van der Waals surface area contributed by atoms with E-state index in [1.165, 1.54) is 24.1 Å². The molecule has 2 aliphatic rings. The molecule has 27 heavy (non-hydrogen) atoms. The molecule has 0 spiro atoms. The number of amides is 1. The molecule has 1 aromatic carbocycles. The van der Waals surface area contributed by atoms with Gasteiger partial charge in [0.2, 0.25) is 0 Å². The lowest BCUT2D eigenvalue weighted by molar-refractivity contribution is 0.0462. The lowest BCUT2D eigenvalue weighted by Gasteiger charge is -2.47. The zero-order chi connectivity index (χ0) is 18.4. The Morgan fingerprint density at radius 2 is 2.07 bits per heavy atom. The number of rotatable bonds is 3. The van der Waals surface area contributed by atoms with Gasteiger partial charge in [0.25, 0.3) is 5.91 Å². The van der Waals surface area contributed by atoms with E-state index >= 15 is 0 Å².